The monoisotopic (exact) mass is 211 g/mol. The van der Waals surface area contributed by atoms with Crippen LogP contribution in [0, 0.1) is 11.8 Å². The third kappa shape index (κ3) is 5.01. The molecule has 0 bridgehead atoms. The molecule has 1 N–H and O–H groups in total. The number of rotatable bonds is 6. The number of hydrogen-bond donors (Lipinski definition) is 1. The van der Waals surface area contributed by atoms with Gasteiger partial charge in [-0.15, -0.1) is 0 Å². The third-order valence-corrected chi connectivity index (χ3v) is 3.92. The number of hydrogen-bond acceptors (Lipinski definition) is 1. The second kappa shape index (κ2) is 7.27. The van der Waals surface area contributed by atoms with Crippen molar-refractivity contribution in [2.45, 2.75) is 71.8 Å². The maximum atomic E-state index is 3.60. The van der Waals surface area contributed by atoms with Crippen LogP contribution in [0.15, 0.2) is 0 Å². The maximum absolute atomic E-state index is 3.60. The molecule has 2 atom stereocenters. The fraction of sp³-hybridized carbons (Fsp3) is 1.00. The SMILES string of the molecule is CCCNC(C)CC(C)C1CCCCC1. The van der Waals surface area contributed by atoms with Gasteiger partial charge in [-0.05, 0) is 38.1 Å². The lowest BCUT2D eigenvalue weighted by atomic mass is 9.78. The van der Waals surface area contributed by atoms with Crippen molar-refractivity contribution >= 4 is 0 Å². The van der Waals surface area contributed by atoms with Gasteiger partial charge in [0.15, 0.2) is 0 Å². The van der Waals surface area contributed by atoms with Crippen LogP contribution in [0.2, 0.25) is 0 Å². The van der Waals surface area contributed by atoms with Crippen molar-refractivity contribution in [2.24, 2.45) is 11.8 Å². The van der Waals surface area contributed by atoms with E-state index in [9.17, 15) is 0 Å². The quantitative estimate of drug-likeness (QED) is 0.700. The van der Waals surface area contributed by atoms with Crippen LogP contribution in [0.3, 0.4) is 0 Å². The van der Waals surface area contributed by atoms with Crippen molar-refractivity contribution in [3.05, 3.63) is 0 Å². The fourth-order valence-electron chi connectivity index (χ4n) is 2.93. The molecule has 0 amide bonds. The fourth-order valence-corrected chi connectivity index (χ4v) is 2.93. The molecule has 1 aliphatic carbocycles. The van der Waals surface area contributed by atoms with E-state index in [1.165, 1.54) is 51.5 Å². The van der Waals surface area contributed by atoms with E-state index < -0.39 is 0 Å². The molecule has 0 aromatic rings. The predicted octanol–water partition coefficient (Wildman–Crippen LogP) is 3.98. The highest BCUT2D eigenvalue weighted by Gasteiger charge is 2.21. The highest BCUT2D eigenvalue weighted by Crippen LogP contribution is 2.31. The van der Waals surface area contributed by atoms with Crippen LogP contribution in [0.5, 0.6) is 0 Å². The minimum atomic E-state index is 0.710. The van der Waals surface area contributed by atoms with Gasteiger partial charge in [0.05, 0.1) is 0 Å². The lowest BCUT2D eigenvalue weighted by molar-refractivity contribution is 0.236. The Kier molecular flexibility index (Phi) is 6.31. The first kappa shape index (κ1) is 13.0. The normalized spacial score (nSPS) is 22.6. The van der Waals surface area contributed by atoms with Gasteiger partial charge in [-0.25, -0.2) is 0 Å². The zero-order valence-corrected chi connectivity index (χ0v) is 10.9. The summed E-state index contributed by atoms with van der Waals surface area (Å²) < 4.78 is 0. The minimum Gasteiger partial charge on any atom is -0.314 e. The van der Waals surface area contributed by atoms with E-state index in [0.29, 0.717) is 6.04 Å². The first-order chi connectivity index (χ1) is 7.24. The summed E-state index contributed by atoms with van der Waals surface area (Å²) in [6.45, 7) is 8.22. The Bertz CT molecular complexity index is 149. The van der Waals surface area contributed by atoms with Crippen molar-refractivity contribution in [1.82, 2.24) is 5.32 Å². The Hall–Kier alpha value is -0.0400. The average molecular weight is 211 g/mol. The lowest BCUT2D eigenvalue weighted by Crippen LogP contribution is -2.30. The predicted molar refractivity (Wildman–Crippen MR) is 68.1 cm³/mol. The van der Waals surface area contributed by atoms with Crippen LogP contribution in [0.4, 0.5) is 0 Å². The van der Waals surface area contributed by atoms with Crippen molar-refractivity contribution in [2.75, 3.05) is 6.54 Å². The summed E-state index contributed by atoms with van der Waals surface area (Å²) in [6, 6.07) is 0.710. The highest BCUT2D eigenvalue weighted by molar-refractivity contribution is 4.74. The van der Waals surface area contributed by atoms with E-state index in [1.807, 2.05) is 0 Å². The third-order valence-electron chi connectivity index (χ3n) is 3.92. The summed E-state index contributed by atoms with van der Waals surface area (Å²) in [5, 5.41) is 3.60. The Labute approximate surface area is 96.0 Å². The Morgan fingerprint density at radius 2 is 1.80 bits per heavy atom. The summed E-state index contributed by atoms with van der Waals surface area (Å²) in [7, 11) is 0. The van der Waals surface area contributed by atoms with Gasteiger partial charge in [0.1, 0.15) is 0 Å². The van der Waals surface area contributed by atoms with Crippen molar-refractivity contribution in [1.29, 1.82) is 0 Å². The Balaban J connectivity index is 2.17. The molecule has 0 spiro atoms. The Morgan fingerprint density at radius 1 is 1.13 bits per heavy atom. The first-order valence-corrected chi connectivity index (χ1v) is 6.97. The lowest BCUT2D eigenvalue weighted by Gasteiger charge is -2.29. The van der Waals surface area contributed by atoms with E-state index in [4.69, 9.17) is 0 Å². The molecule has 90 valence electrons. The highest BCUT2D eigenvalue weighted by atomic mass is 14.9. The molecular weight excluding hydrogens is 182 g/mol. The van der Waals surface area contributed by atoms with Gasteiger partial charge in [-0.2, -0.15) is 0 Å². The summed E-state index contributed by atoms with van der Waals surface area (Å²) in [4.78, 5) is 0. The molecule has 0 saturated heterocycles. The largest absolute Gasteiger partial charge is 0.314 e. The van der Waals surface area contributed by atoms with E-state index >= 15 is 0 Å². The zero-order valence-electron chi connectivity index (χ0n) is 10.9. The molecule has 0 radical (unpaired) electrons. The van der Waals surface area contributed by atoms with Gasteiger partial charge < -0.3 is 5.32 Å². The maximum Gasteiger partial charge on any atom is 0.00413 e. The van der Waals surface area contributed by atoms with E-state index in [1.54, 1.807) is 0 Å². The molecule has 1 heteroatoms. The molecule has 1 saturated carbocycles. The van der Waals surface area contributed by atoms with Gasteiger partial charge >= 0.3 is 0 Å². The van der Waals surface area contributed by atoms with Crippen LogP contribution in [0.1, 0.15) is 65.7 Å². The van der Waals surface area contributed by atoms with Crippen LogP contribution in [0.25, 0.3) is 0 Å². The zero-order chi connectivity index (χ0) is 11.1. The van der Waals surface area contributed by atoms with Gasteiger partial charge in [0.25, 0.3) is 0 Å². The first-order valence-electron chi connectivity index (χ1n) is 6.97. The minimum absolute atomic E-state index is 0.710. The van der Waals surface area contributed by atoms with Crippen LogP contribution < -0.4 is 5.32 Å². The summed E-state index contributed by atoms with van der Waals surface area (Å²) in [5.74, 6) is 1.94. The molecule has 0 aromatic carbocycles. The standard InChI is InChI=1S/C14H29N/c1-4-10-15-13(3)11-12(2)14-8-6-5-7-9-14/h12-15H,4-11H2,1-3H3. The smallest absolute Gasteiger partial charge is 0.00413 e. The molecule has 1 aliphatic rings. The van der Waals surface area contributed by atoms with Gasteiger partial charge in [0.2, 0.25) is 0 Å². The average Bonchev–Trinajstić information content (AvgIpc) is 2.27. The molecule has 0 heterocycles. The van der Waals surface area contributed by atoms with Crippen LogP contribution in [-0.4, -0.2) is 12.6 Å². The van der Waals surface area contributed by atoms with Crippen LogP contribution >= 0.6 is 0 Å². The number of nitrogens with one attached hydrogen (secondary N) is 1. The van der Waals surface area contributed by atoms with Crippen LogP contribution in [-0.2, 0) is 0 Å². The molecule has 1 fully saturated rings. The summed E-state index contributed by atoms with van der Waals surface area (Å²) in [5.41, 5.74) is 0. The molecular formula is C14H29N. The molecule has 1 nitrogen and oxygen atoms in total. The molecule has 1 rings (SSSR count). The molecule has 0 aromatic heterocycles. The van der Waals surface area contributed by atoms with E-state index in [0.717, 1.165) is 11.8 Å². The second-order valence-electron chi connectivity index (χ2n) is 5.47. The van der Waals surface area contributed by atoms with Gasteiger partial charge in [0, 0.05) is 6.04 Å². The molecule has 15 heavy (non-hydrogen) atoms. The van der Waals surface area contributed by atoms with Crippen molar-refractivity contribution in [3.8, 4) is 0 Å². The molecule has 2 unspecified atom stereocenters. The van der Waals surface area contributed by atoms with Crippen molar-refractivity contribution < 1.29 is 0 Å². The molecule has 0 aliphatic heterocycles. The van der Waals surface area contributed by atoms with Gasteiger partial charge in [-0.3, -0.25) is 0 Å². The topological polar surface area (TPSA) is 12.0 Å². The van der Waals surface area contributed by atoms with Gasteiger partial charge in [-0.1, -0.05) is 46.0 Å². The second-order valence-corrected chi connectivity index (χ2v) is 5.47. The van der Waals surface area contributed by atoms with E-state index in [-0.39, 0.29) is 0 Å². The van der Waals surface area contributed by atoms with E-state index in [2.05, 4.69) is 26.1 Å². The van der Waals surface area contributed by atoms with Crippen molar-refractivity contribution in [3.63, 3.8) is 0 Å². The summed E-state index contributed by atoms with van der Waals surface area (Å²) in [6.07, 6.45) is 10.0. The summed E-state index contributed by atoms with van der Waals surface area (Å²) >= 11 is 0. The Morgan fingerprint density at radius 3 is 2.40 bits per heavy atom.